The Hall–Kier alpha value is -2.33. The van der Waals surface area contributed by atoms with Crippen LogP contribution in [0.5, 0.6) is 0 Å². The van der Waals surface area contributed by atoms with E-state index in [1.165, 1.54) is 5.56 Å². The van der Waals surface area contributed by atoms with Crippen LogP contribution in [-0.2, 0) is 4.79 Å². The number of anilines is 1. The molecule has 1 N–H and O–H groups in total. The highest BCUT2D eigenvalue weighted by Crippen LogP contribution is 2.29. The van der Waals surface area contributed by atoms with Crippen molar-refractivity contribution in [1.29, 1.82) is 0 Å². The number of nitrogens with zero attached hydrogens (tertiary/aromatic N) is 1. The van der Waals surface area contributed by atoms with Crippen molar-refractivity contribution >= 4 is 34.3 Å². The van der Waals surface area contributed by atoms with Gasteiger partial charge in [-0.15, -0.1) is 11.6 Å². The van der Waals surface area contributed by atoms with E-state index in [2.05, 4.69) is 36.3 Å². The number of oxazole rings is 1. The van der Waals surface area contributed by atoms with Crippen LogP contribution in [0, 0.1) is 0 Å². The Morgan fingerprint density at radius 3 is 2.88 bits per heavy atom. The molecule has 4 nitrogen and oxygen atoms in total. The van der Waals surface area contributed by atoms with E-state index in [-0.39, 0.29) is 5.91 Å². The van der Waals surface area contributed by atoms with Gasteiger partial charge in [0, 0.05) is 23.6 Å². The number of carbonyl (C=O) groups is 1. The predicted molar refractivity (Wildman–Crippen MR) is 107 cm³/mol. The number of carbonyl (C=O) groups excluding carboxylic acids is 1. The third kappa shape index (κ3) is 4.25. The Balaban J connectivity index is 1.84. The third-order valence-corrected chi connectivity index (χ3v) is 4.79. The highest BCUT2D eigenvalue weighted by atomic mass is 35.5. The van der Waals surface area contributed by atoms with E-state index in [1.807, 2.05) is 30.3 Å². The SMILES string of the molecule is CC[C@@H](C)c1ccc2oc(-c3cccc(NC(=O)CCCCl)c3)nc2c1. The van der Waals surface area contributed by atoms with Gasteiger partial charge in [-0.1, -0.05) is 26.0 Å². The number of hydrogen-bond acceptors (Lipinski definition) is 3. The molecule has 5 heteroatoms. The molecule has 0 aliphatic carbocycles. The zero-order chi connectivity index (χ0) is 18.5. The van der Waals surface area contributed by atoms with E-state index in [1.54, 1.807) is 0 Å². The van der Waals surface area contributed by atoms with Crippen LogP contribution in [0.3, 0.4) is 0 Å². The fourth-order valence-electron chi connectivity index (χ4n) is 2.79. The van der Waals surface area contributed by atoms with Crippen LogP contribution in [0.4, 0.5) is 5.69 Å². The molecule has 0 aliphatic rings. The Morgan fingerprint density at radius 2 is 2.12 bits per heavy atom. The Labute approximate surface area is 158 Å². The number of aromatic nitrogens is 1. The summed E-state index contributed by atoms with van der Waals surface area (Å²) in [4.78, 5) is 16.5. The van der Waals surface area contributed by atoms with Crippen LogP contribution in [0.25, 0.3) is 22.6 Å². The van der Waals surface area contributed by atoms with E-state index < -0.39 is 0 Å². The fraction of sp³-hybridized carbons (Fsp3) is 0.333. The van der Waals surface area contributed by atoms with Gasteiger partial charge in [-0.05, 0) is 54.7 Å². The summed E-state index contributed by atoms with van der Waals surface area (Å²) < 4.78 is 5.91. The summed E-state index contributed by atoms with van der Waals surface area (Å²) in [5, 5.41) is 2.89. The molecule has 3 rings (SSSR count). The smallest absolute Gasteiger partial charge is 0.227 e. The van der Waals surface area contributed by atoms with E-state index >= 15 is 0 Å². The fourth-order valence-corrected chi connectivity index (χ4v) is 2.92. The van der Waals surface area contributed by atoms with Gasteiger partial charge < -0.3 is 9.73 Å². The van der Waals surface area contributed by atoms with Crippen molar-refractivity contribution < 1.29 is 9.21 Å². The molecule has 0 saturated carbocycles. The second-order valence-corrected chi connectivity index (χ2v) is 6.85. The molecule has 1 heterocycles. The number of fused-ring (bicyclic) bond motifs is 1. The number of amides is 1. The molecule has 1 amide bonds. The molecule has 0 fully saturated rings. The van der Waals surface area contributed by atoms with E-state index in [9.17, 15) is 4.79 Å². The molecule has 0 bridgehead atoms. The van der Waals surface area contributed by atoms with Crippen LogP contribution in [-0.4, -0.2) is 16.8 Å². The minimum absolute atomic E-state index is 0.0430. The van der Waals surface area contributed by atoms with Crippen LogP contribution in [0.1, 0.15) is 44.6 Å². The first-order valence-corrected chi connectivity index (χ1v) is 9.51. The highest BCUT2D eigenvalue weighted by molar-refractivity contribution is 6.18. The van der Waals surface area contributed by atoms with E-state index in [0.717, 1.165) is 28.8 Å². The normalized spacial score (nSPS) is 12.3. The summed E-state index contributed by atoms with van der Waals surface area (Å²) in [5.74, 6) is 1.48. The number of alkyl halides is 1. The van der Waals surface area contributed by atoms with Crippen molar-refractivity contribution in [3.8, 4) is 11.5 Å². The van der Waals surface area contributed by atoms with Gasteiger partial charge >= 0.3 is 0 Å². The second kappa shape index (κ2) is 8.37. The lowest BCUT2D eigenvalue weighted by Gasteiger charge is -2.07. The first kappa shape index (κ1) is 18.5. The zero-order valence-electron chi connectivity index (χ0n) is 15.1. The van der Waals surface area contributed by atoms with Gasteiger partial charge in [0.1, 0.15) is 5.52 Å². The van der Waals surface area contributed by atoms with Gasteiger partial charge in [-0.2, -0.15) is 0 Å². The van der Waals surface area contributed by atoms with Gasteiger partial charge in [0.15, 0.2) is 5.58 Å². The average molecular weight is 371 g/mol. The molecule has 2 aromatic carbocycles. The molecule has 0 saturated heterocycles. The molecule has 26 heavy (non-hydrogen) atoms. The lowest BCUT2D eigenvalue weighted by Crippen LogP contribution is -2.11. The molecule has 1 atom stereocenters. The monoisotopic (exact) mass is 370 g/mol. The summed E-state index contributed by atoms with van der Waals surface area (Å²) in [5.41, 5.74) is 4.45. The maximum atomic E-state index is 11.9. The van der Waals surface area contributed by atoms with Crippen molar-refractivity contribution in [2.45, 2.75) is 39.0 Å². The van der Waals surface area contributed by atoms with Gasteiger partial charge in [0.05, 0.1) is 0 Å². The molecule has 3 aromatic rings. The Morgan fingerprint density at radius 1 is 1.27 bits per heavy atom. The minimum atomic E-state index is -0.0430. The average Bonchev–Trinajstić information content (AvgIpc) is 3.09. The Kier molecular flexibility index (Phi) is 5.94. The molecule has 0 unspecified atom stereocenters. The van der Waals surface area contributed by atoms with Crippen LogP contribution in [0.2, 0.25) is 0 Å². The van der Waals surface area contributed by atoms with Gasteiger partial charge in [-0.25, -0.2) is 4.98 Å². The summed E-state index contributed by atoms with van der Waals surface area (Å²) >= 11 is 5.63. The molecule has 136 valence electrons. The standard InChI is InChI=1S/C21H23ClN2O2/c1-3-14(2)15-9-10-19-18(13-15)24-21(26-19)16-6-4-7-17(12-16)23-20(25)8-5-11-22/h4,6-7,9-10,12-14H,3,5,8,11H2,1-2H3,(H,23,25)/t14-/m1/s1. The summed E-state index contributed by atoms with van der Waals surface area (Å²) in [6, 6.07) is 13.7. The maximum Gasteiger partial charge on any atom is 0.227 e. The maximum absolute atomic E-state index is 11.9. The Bertz CT molecular complexity index is 904. The van der Waals surface area contributed by atoms with E-state index in [0.29, 0.717) is 30.5 Å². The zero-order valence-corrected chi connectivity index (χ0v) is 15.8. The van der Waals surface area contributed by atoms with Gasteiger partial charge in [0.25, 0.3) is 0 Å². The van der Waals surface area contributed by atoms with Crippen LogP contribution in [0.15, 0.2) is 46.9 Å². The van der Waals surface area contributed by atoms with Crippen molar-refractivity contribution in [3.63, 3.8) is 0 Å². The number of halogens is 1. The molecule has 0 aliphatic heterocycles. The molecule has 1 aromatic heterocycles. The second-order valence-electron chi connectivity index (χ2n) is 6.48. The summed E-state index contributed by atoms with van der Waals surface area (Å²) in [6.07, 6.45) is 2.16. The third-order valence-electron chi connectivity index (χ3n) is 4.52. The van der Waals surface area contributed by atoms with Crippen LogP contribution >= 0.6 is 11.6 Å². The summed E-state index contributed by atoms with van der Waals surface area (Å²) in [6.45, 7) is 4.38. The van der Waals surface area contributed by atoms with Crippen molar-refractivity contribution in [2.75, 3.05) is 11.2 Å². The van der Waals surface area contributed by atoms with Gasteiger partial charge in [0.2, 0.25) is 11.8 Å². The number of rotatable bonds is 7. The van der Waals surface area contributed by atoms with Crippen molar-refractivity contribution in [1.82, 2.24) is 4.98 Å². The van der Waals surface area contributed by atoms with Crippen molar-refractivity contribution in [2.24, 2.45) is 0 Å². The molecular weight excluding hydrogens is 348 g/mol. The van der Waals surface area contributed by atoms with Crippen molar-refractivity contribution in [3.05, 3.63) is 48.0 Å². The molecule has 0 spiro atoms. The lowest BCUT2D eigenvalue weighted by molar-refractivity contribution is -0.116. The number of benzene rings is 2. The predicted octanol–water partition coefficient (Wildman–Crippen LogP) is 5.97. The first-order chi connectivity index (χ1) is 12.6. The first-order valence-electron chi connectivity index (χ1n) is 8.97. The molecule has 0 radical (unpaired) electrons. The minimum Gasteiger partial charge on any atom is -0.436 e. The largest absolute Gasteiger partial charge is 0.436 e. The van der Waals surface area contributed by atoms with Crippen LogP contribution < -0.4 is 5.32 Å². The highest BCUT2D eigenvalue weighted by Gasteiger charge is 2.12. The summed E-state index contributed by atoms with van der Waals surface area (Å²) in [7, 11) is 0. The quantitative estimate of drug-likeness (QED) is 0.521. The van der Waals surface area contributed by atoms with E-state index in [4.69, 9.17) is 16.0 Å². The number of nitrogens with one attached hydrogen (secondary N) is 1. The lowest BCUT2D eigenvalue weighted by atomic mass is 9.98. The number of hydrogen-bond donors (Lipinski definition) is 1. The van der Waals surface area contributed by atoms with Gasteiger partial charge in [-0.3, -0.25) is 4.79 Å². The molecular formula is C21H23ClN2O2. The topological polar surface area (TPSA) is 55.1 Å².